The van der Waals surface area contributed by atoms with Crippen LogP contribution in [0.15, 0.2) is 36.5 Å². The fraction of sp³-hybridized carbons (Fsp3) is 0.350. The Labute approximate surface area is 174 Å². The lowest BCUT2D eigenvalue weighted by molar-refractivity contribution is 0.103. The third kappa shape index (κ3) is 6.07. The van der Waals surface area contributed by atoms with Gasteiger partial charge in [0.25, 0.3) is 0 Å². The fourth-order valence-electron chi connectivity index (χ4n) is 3.11. The average molecular weight is 418 g/mol. The van der Waals surface area contributed by atoms with E-state index < -0.39 is 6.09 Å². The van der Waals surface area contributed by atoms with Crippen LogP contribution < -0.4 is 10.6 Å². The molecule has 9 heteroatoms. The Balaban J connectivity index is 1.53. The Kier molecular flexibility index (Phi) is 6.90. The van der Waals surface area contributed by atoms with E-state index >= 15 is 0 Å². The van der Waals surface area contributed by atoms with Gasteiger partial charge in [-0.15, -0.1) is 0 Å². The monoisotopic (exact) mass is 417 g/mol. The van der Waals surface area contributed by atoms with Crippen LogP contribution in [0.4, 0.5) is 15.3 Å². The molecule has 1 aliphatic heterocycles. The van der Waals surface area contributed by atoms with Crippen molar-refractivity contribution in [3.05, 3.63) is 58.4 Å². The number of nitrogens with one attached hydrogen (secondary N) is 2. The van der Waals surface area contributed by atoms with Gasteiger partial charge in [-0.25, -0.2) is 9.59 Å². The van der Waals surface area contributed by atoms with Gasteiger partial charge in [-0.2, -0.15) is 0 Å². The number of nitrogens with zero attached hydrogens (tertiary/aromatic N) is 3. The van der Waals surface area contributed by atoms with Crippen molar-refractivity contribution < 1.29 is 14.7 Å². The lowest BCUT2D eigenvalue weighted by Crippen LogP contribution is -2.47. The first-order valence-electron chi connectivity index (χ1n) is 9.36. The van der Waals surface area contributed by atoms with E-state index in [1.807, 2.05) is 31.2 Å². The number of hydrogen-bond acceptors (Lipinski definition) is 4. The Bertz CT molecular complexity index is 867. The number of pyridine rings is 1. The van der Waals surface area contributed by atoms with Gasteiger partial charge in [-0.05, 0) is 36.2 Å². The van der Waals surface area contributed by atoms with Gasteiger partial charge in [0.05, 0.1) is 11.9 Å². The van der Waals surface area contributed by atoms with Gasteiger partial charge in [-0.1, -0.05) is 23.7 Å². The number of piperazine rings is 1. The van der Waals surface area contributed by atoms with Crippen LogP contribution in [0.1, 0.15) is 16.8 Å². The Morgan fingerprint density at radius 2 is 1.93 bits per heavy atom. The van der Waals surface area contributed by atoms with Crippen LogP contribution in [-0.2, 0) is 13.1 Å². The molecule has 0 saturated carbocycles. The van der Waals surface area contributed by atoms with Crippen LogP contribution in [0.5, 0.6) is 0 Å². The summed E-state index contributed by atoms with van der Waals surface area (Å²) in [5.74, 6) is 0. The van der Waals surface area contributed by atoms with Gasteiger partial charge in [0.1, 0.15) is 0 Å². The molecule has 0 spiro atoms. The van der Waals surface area contributed by atoms with Gasteiger partial charge in [-0.3, -0.25) is 9.88 Å². The molecule has 0 bridgehead atoms. The van der Waals surface area contributed by atoms with Crippen molar-refractivity contribution in [3.63, 3.8) is 0 Å². The van der Waals surface area contributed by atoms with E-state index in [4.69, 9.17) is 16.7 Å². The van der Waals surface area contributed by atoms with Crippen molar-refractivity contribution in [3.8, 4) is 0 Å². The molecular formula is C20H24ClN5O3. The minimum absolute atomic E-state index is 0.296. The summed E-state index contributed by atoms with van der Waals surface area (Å²) in [4.78, 5) is 30.9. The standard InChI is InChI=1S/C20H24ClN5O3/c1-14-2-4-17(12-22-14)24-19(27)23-11-16-10-15(3-5-18(16)21)13-25-6-8-26(9-7-25)20(28)29/h2-5,10,12H,6-9,11,13H2,1H3,(H,28,29)(H2,23,24,27). The first-order valence-corrected chi connectivity index (χ1v) is 9.73. The van der Waals surface area contributed by atoms with E-state index in [0.29, 0.717) is 50.0 Å². The quantitative estimate of drug-likeness (QED) is 0.694. The molecule has 0 aliphatic carbocycles. The van der Waals surface area contributed by atoms with Gasteiger partial charge in [0.2, 0.25) is 0 Å². The lowest BCUT2D eigenvalue weighted by Gasteiger charge is -2.33. The molecule has 0 unspecified atom stereocenters. The minimum Gasteiger partial charge on any atom is -0.465 e. The second-order valence-corrected chi connectivity index (χ2v) is 7.37. The van der Waals surface area contributed by atoms with E-state index in [9.17, 15) is 9.59 Å². The average Bonchev–Trinajstić information content (AvgIpc) is 2.70. The number of carboxylic acid groups (broad SMARTS) is 1. The molecule has 8 nitrogen and oxygen atoms in total. The maximum atomic E-state index is 12.1. The summed E-state index contributed by atoms with van der Waals surface area (Å²) in [6.07, 6.45) is 0.733. The molecular weight excluding hydrogens is 394 g/mol. The summed E-state index contributed by atoms with van der Waals surface area (Å²) in [6, 6.07) is 9.03. The second-order valence-electron chi connectivity index (χ2n) is 6.97. The van der Waals surface area contributed by atoms with E-state index in [-0.39, 0.29) is 6.03 Å². The number of anilines is 1. The van der Waals surface area contributed by atoms with Crippen molar-refractivity contribution in [1.29, 1.82) is 0 Å². The molecule has 29 heavy (non-hydrogen) atoms. The molecule has 3 amide bonds. The lowest BCUT2D eigenvalue weighted by atomic mass is 10.1. The molecule has 3 rings (SSSR count). The van der Waals surface area contributed by atoms with Crippen LogP contribution in [0, 0.1) is 6.92 Å². The number of urea groups is 1. The van der Waals surface area contributed by atoms with E-state index in [1.165, 1.54) is 4.90 Å². The molecule has 0 radical (unpaired) electrons. The van der Waals surface area contributed by atoms with Gasteiger partial charge in [0, 0.05) is 50.0 Å². The van der Waals surface area contributed by atoms with Crippen molar-refractivity contribution in [2.24, 2.45) is 0 Å². The fourth-order valence-corrected chi connectivity index (χ4v) is 3.29. The van der Waals surface area contributed by atoms with Gasteiger partial charge < -0.3 is 20.6 Å². The number of rotatable bonds is 5. The topological polar surface area (TPSA) is 97.8 Å². The SMILES string of the molecule is Cc1ccc(NC(=O)NCc2cc(CN3CCN(C(=O)O)CC3)ccc2Cl)cn1. The first-order chi connectivity index (χ1) is 13.9. The molecule has 154 valence electrons. The third-order valence-electron chi connectivity index (χ3n) is 4.77. The zero-order chi connectivity index (χ0) is 20.8. The number of benzene rings is 1. The van der Waals surface area contributed by atoms with Crippen molar-refractivity contribution in [2.75, 3.05) is 31.5 Å². The Hall–Kier alpha value is -2.84. The van der Waals surface area contributed by atoms with Crippen molar-refractivity contribution in [2.45, 2.75) is 20.0 Å². The number of halogens is 1. The zero-order valence-electron chi connectivity index (χ0n) is 16.2. The normalized spacial score (nSPS) is 14.5. The predicted molar refractivity (Wildman–Crippen MR) is 111 cm³/mol. The van der Waals surface area contributed by atoms with Crippen LogP contribution >= 0.6 is 11.6 Å². The van der Waals surface area contributed by atoms with E-state index in [2.05, 4.69) is 20.5 Å². The maximum absolute atomic E-state index is 12.1. The number of carbonyl (C=O) groups is 2. The van der Waals surface area contributed by atoms with Crippen LogP contribution in [0.3, 0.4) is 0 Å². The Morgan fingerprint density at radius 1 is 1.17 bits per heavy atom. The third-order valence-corrected chi connectivity index (χ3v) is 5.14. The van der Waals surface area contributed by atoms with E-state index in [1.54, 1.807) is 12.3 Å². The molecule has 1 saturated heterocycles. The molecule has 1 fully saturated rings. The highest BCUT2D eigenvalue weighted by atomic mass is 35.5. The summed E-state index contributed by atoms with van der Waals surface area (Å²) in [6.45, 7) is 5.27. The number of amides is 3. The minimum atomic E-state index is -0.871. The number of aryl methyl sites for hydroxylation is 1. The molecule has 3 N–H and O–H groups in total. The molecule has 0 atom stereocenters. The molecule has 2 aromatic rings. The van der Waals surface area contributed by atoms with Crippen LogP contribution in [0.25, 0.3) is 0 Å². The van der Waals surface area contributed by atoms with E-state index in [0.717, 1.165) is 16.8 Å². The molecule has 1 aromatic heterocycles. The zero-order valence-corrected chi connectivity index (χ0v) is 16.9. The molecule has 2 heterocycles. The number of hydrogen-bond donors (Lipinski definition) is 3. The largest absolute Gasteiger partial charge is 0.465 e. The van der Waals surface area contributed by atoms with Crippen molar-refractivity contribution in [1.82, 2.24) is 20.1 Å². The summed E-state index contributed by atoms with van der Waals surface area (Å²) in [7, 11) is 0. The van der Waals surface area contributed by atoms with Crippen molar-refractivity contribution >= 4 is 29.4 Å². The molecule has 1 aliphatic rings. The maximum Gasteiger partial charge on any atom is 0.407 e. The van der Waals surface area contributed by atoms with Crippen LogP contribution in [0.2, 0.25) is 5.02 Å². The first kappa shape index (κ1) is 20.9. The second kappa shape index (κ2) is 9.58. The highest BCUT2D eigenvalue weighted by Crippen LogP contribution is 2.19. The predicted octanol–water partition coefficient (Wildman–Crippen LogP) is 3.16. The smallest absolute Gasteiger partial charge is 0.407 e. The summed E-state index contributed by atoms with van der Waals surface area (Å²) < 4.78 is 0. The van der Waals surface area contributed by atoms with Gasteiger partial charge in [0.15, 0.2) is 0 Å². The summed E-state index contributed by atoms with van der Waals surface area (Å²) in [5.41, 5.74) is 3.39. The highest BCUT2D eigenvalue weighted by molar-refractivity contribution is 6.31. The number of aromatic nitrogens is 1. The Morgan fingerprint density at radius 3 is 2.59 bits per heavy atom. The summed E-state index contributed by atoms with van der Waals surface area (Å²) in [5, 5.41) is 15.2. The number of carbonyl (C=O) groups excluding carboxylic acids is 1. The highest BCUT2D eigenvalue weighted by Gasteiger charge is 2.20. The van der Waals surface area contributed by atoms with Gasteiger partial charge >= 0.3 is 12.1 Å². The molecule has 1 aromatic carbocycles. The van der Waals surface area contributed by atoms with Crippen LogP contribution in [-0.4, -0.2) is 58.2 Å². The summed E-state index contributed by atoms with van der Waals surface area (Å²) >= 11 is 6.29.